The molecule has 0 amide bonds. The number of rotatable bonds is 6. The van der Waals surface area contributed by atoms with Gasteiger partial charge >= 0.3 is 0 Å². The number of aromatic nitrogens is 3. The first kappa shape index (κ1) is 18.7. The van der Waals surface area contributed by atoms with E-state index in [4.69, 9.17) is 30.0 Å². The van der Waals surface area contributed by atoms with E-state index in [1.807, 2.05) is 24.3 Å². The molecule has 0 bridgehead atoms. The monoisotopic (exact) mass is 702 g/mol. The van der Waals surface area contributed by atoms with Crippen LogP contribution in [-0.2, 0) is 0 Å². The normalized spacial score (nSPS) is 15.4. The summed E-state index contributed by atoms with van der Waals surface area (Å²) < 4.78 is 123. The topological polar surface area (TPSA) is 41.9 Å². The van der Waals surface area contributed by atoms with Gasteiger partial charge in [-0.15, -0.1) is 22.7 Å². The molecular weight excluding hydrogens is 661 g/mol. The highest BCUT2D eigenvalue weighted by Crippen LogP contribution is 2.45. The van der Waals surface area contributed by atoms with E-state index in [9.17, 15) is 4.11 Å². The third kappa shape index (κ3) is 5.24. The van der Waals surface area contributed by atoms with Crippen LogP contribution in [0.1, 0.15) is 19.2 Å². The molecule has 4 nitrogen and oxygen atoms in total. The fraction of sp³-hybridized carbons (Fsp3) is 0. The Bertz CT molecular complexity index is 3660. The maximum atomic E-state index is 9.37. The van der Waals surface area contributed by atoms with Gasteiger partial charge < -0.3 is 4.90 Å². The number of benzene rings is 7. The number of hydrogen-bond donors (Lipinski definition) is 0. The van der Waals surface area contributed by atoms with Crippen LogP contribution in [0.5, 0.6) is 0 Å². The van der Waals surface area contributed by atoms with E-state index in [1.54, 1.807) is 65.6 Å². The van der Waals surface area contributed by atoms with E-state index in [1.165, 1.54) is 0 Å². The number of nitrogens with zero attached hydrogens (tertiary/aromatic N) is 4. The van der Waals surface area contributed by atoms with Crippen molar-refractivity contribution >= 4 is 80.1 Å². The summed E-state index contributed by atoms with van der Waals surface area (Å²) in [5.41, 5.74) is 2.28. The van der Waals surface area contributed by atoms with E-state index in [0.717, 1.165) is 22.7 Å². The molecule has 0 saturated carbocycles. The van der Waals surface area contributed by atoms with Crippen molar-refractivity contribution in [2.24, 2.45) is 0 Å². The van der Waals surface area contributed by atoms with Crippen molar-refractivity contribution in [1.29, 1.82) is 0 Å². The largest absolute Gasteiger partial charge is 0.309 e. The minimum Gasteiger partial charge on any atom is -0.309 e. The lowest BCUT2D eigenvalue weighted by Gasteiger charge is -2.26. The quantitative estimate of drug-likeness (QED) is 0.173. The molecule has 6 heteroatoms. The summed E-state index contributed by atoms with van der Waals surface area (Å²) in [6.45, 7) is 0. The molecule has 0 spiro atoms. The Balaban J connectivity index is 1.18. The number of hydrogen-bond acceptors (Lipinski definition) is 6. The summed E-state index contributed by atoms with van der Waals surface area (Å²) in [6.07, 6.45) is 0. The Hall–Kier alpha value is -6.21. The standard InChI is InChI=1S/C45H28N4S2/c1-3-12-29(13-4-1)43-46-44(48-45(47-43)31-24-27-36-34-16-7-9-20-39(34)50-41(36)28-31)30-22-25-33(26-23-30)49(32-14-5-2-6-15-32)38-19-11-18-37-35-17-8-10-21-40(35)51-42(37)38/h1-28H/i7D,8D,9D,10D,11D,16D,17D,18D,19D,20D,21D,24D,27D,28D. The molecule has 240 valence electrons. The summed E-state index contributed by atoms with van der Waals surface area (Å²) in [5.74, 6) is 0.280. The third-order valence-corrected chi connectivity index (χ3v) is 10.4. The van der Waals surface area contributed by atoms with E-state index < -0.39 is 36.3 Å². The van der Waals surface area contributed by atoms with Crippen LogP contribution >= 0.6 is 22.7 Å². The fourth-order valence-electron chi connectivity index (χ4n) is 5.96. The molecule has 10 rings (SSSR count). The van der Waals surface area contributed by atoms with E-state index in [0.29, 0.717) is 27.2 Å². The first-order valence-electron chi connectivity index (χ1n) is 22.7. The van der Waals surface area contributed by atoms with Gasteiger partial charge in [0.2, 0.25) is 0 Å². The van der Waals surface area contributed by atoms with Gasteiger partial charge in [0.05, 0.1) is 29.6 Å². The molecule has 51 heavy (non-hydrogen) atoms. The summed E-state index contributed by atoms with van der Waals surface area (Å²) >= 11 is 1.98. The number of para-hydroxylation sites is 1. The summed E-state index contributed by atoms with van der Waals surface area (Å²) in [5, 5.41) is 0.410. The average Bonchev–Trinajstić information content (AvgIpc) is 3.93. The van der Waals surface area contributed by atoms with Crippen LogP contribution in [0.2, 0.25) is 0 Å². The minimum absolute atomic E-state index is 0.0759. The van der Waals surface area contributed by atoms with Gasteiger partial charge in [0.15, 0.2) is 17.5 Å². The SMILES string of the molecule is [2H]c1c([2H])c([2H])c2c(sc3c([2H])c(-c4nc(-c5ccccc5)nc(-c5ccc(N(c6ccccc6)c6c([2H])c([2H])c([2H])c7c6sc6c([2H])c([2H])c([2H])c([2H])c67)cc5)n4)c([2H])c([2H])c32)c1[2H]. The van der Waals surface area contributed by atoms with Gasteiger partial charge in [-0.2, -0.15) is 0 Å². The van der Waals surface area contributed by atoms with Crippen LogP contribution in [0.4, 0.5) is 17.1 Å². The highest BCUT2D eigenvalue weighted by atomic mass is 32.1. The molecule has 0 N–H and O–H groups in total. The maximum Gasteiger partial charge on any atom is 0.164 e. The van der Waals surface area contributed by atoms with Crippen LogP contribution in [0.25, 0.3) is 74.5 Å². The lowest BCUT2D eigenvalue weighted by atomic mass is 10.1. The van der Waals surface area contributed by atoms with Gasteiger partial charge in [-0.05, 0) is 60.6 Å². The maximum absolute atomic E-state index is 9.37. The number of fused-ring (bicyclic) bond motifs is 6. The highest BCUT2D eigenvalue weighted by Gasteiger charge is 2.19. The third-order valence-electron chi connectivity index (χ3n) is 8.32. The molecule has 3 heterocycles. The summed E-state index contributed by atoms with van der Waals surface area (Å²) in [7, 11) is 0. The van der Waals surface area contributed by atoms with Crippen molar-refractivity contribution in [2.45, 2.75) is 0 Å². The second-order valence-electron chi connectivity index (χ2n) is 11.4. The van der Waals surface area contributed by atoms with Gasteiger partial charge in [-0.3, -0.25) is 0 Å². The predicted molar refractivity (Wildman–Crippen MR) is 217 cm³/mol. The van der Waals surface area contributed by atoms with Crippen LogP contribution in [0.3, 0.4) is 0 Å². The molecular formula is C45H28N4S2. The molecule has 3 aromatic heterocycles. The molecule has 10 aromatic rings. The Morgan fingerprint density at radius 1 is 0.431 bits per heavy atom. The Morgan fingerprint density at radius 2 is 0.980 bits per heavy atom. The van der Waals surface area contributed by atoms with Gasteiger partial charge in [0.25, 0.3) is 0 Å². The smallest absolute Gasteiger partial charge is 0.164 e. The molecule has 0 saturated heterocycles. The van der Waals surface area contributed by atoms with Crippen molar-refractivity contribution in [3.05, 3.63) is 170 Å². The van der Waals surface area contributed by atoms with Crippen molar-refractivity contribution in [2.75, 3.05) is 4.90 Å². The van der Waals surface area contributed by atoms with Crippen LogP contribution < -0.4 is 4.90 Å². The minimum atomic E-state index is -0.478. The zero-order valence-corrected chi connectivity index (χ0v) is 27.8. The fourth-order valence-corrected chi connectivity index (χ4v) is 7.98. The second kappa shape index (κ2) is 12.3. The van der Waals surface area contributed by atoms with E-state index >= 15 is 0 Å². The molecule has 0 aliphatic carbocycles. The number of thiophene rings is 2. The zero-order valence-electron chi connectivity index (χ0n) is 40.2. The van der Waals surface area contributed by atoms with Crippen molar-refractivity contribution in [3.63, 3.8) is 0 Å². The molecule has 0 atom stereocenters. The van der Waals surface area contributed by atoms with E-state index in [2.05, 4.69) is 0 Å². The Morgan fingerprint density at radius 3 is 1.71 bits per heavy atom. The Labute approximate surface area is 322 Å². The van der Waals surface area contributed by atoms with Crippen molar-refractivity contribution in [1.82, 2.24) is 15.0 Å². The lowest BCUT2D eigenvalue weighted by Crippen LogP contribution is -2.10. The van der Waals surface area contributed by atoms with Crippen molar-refractivity contribution < 1.29 is 19.2 Å². The van der Waals surface area contributed by atoms with Gasteiger partial charge in [-0.25, -0.2) is 15.0 Å². The van der Waals surface area contributed by atoms with Gasteiger partial charge in [0, 0.05) is 63.7 Å². The lowest BCUT2D eigenvalue weighted by molar-refractivity contribution is 1.07. The van der Waals surface area contributed by atoms with Gasteiger partial charge in [0.1, 0.15) is 0 Å². The van der Waals surface area contributed by atoms with E-state index in [-0.39, 0.29) is 113 Å². The first-order valence-corrected chi connectivity index (χ1v) is 17.4. The van der Waals surface area contributed by atoms with Crippen molar-refractivity contribution in [3.8, 4) is 34.2 Å². The van der Waals surface area contributed by atoms with Crippen LogP contribution in [0.15, 0.2) is 170 Å². The second-order valence-corrected chi connectivity index (χ2v) is 13.4. The summed E-state index contributed by atoms with van der Waals surface area (Å²) in [4.78, 5) is 16.0. The van der Waals surface area contributed by atoms with Crippen LogP contribution in [-0.4, -0.2) is 15.0 Å². The summed E-state index contributed by atoms with van der Waals surface area (Å²) in [6, 6.07) is 19.9. The Kier molecular flexibility index (Phi) is 4.50. The highest BCUT2D eigenvalue weighted by molar-refractivity contribution is 7.26. The molecule has 0 aliphatic rings. The molecule has 0 aliphatic heterocycles. The van der Waals surface area contributed by atoms with Gasteiger partial charge in [-0.1, -0.05) is 109 Å². The molecule has 7 aromatic carbocycles. The predicted octanol–water partition coefficient (Wildman–Crippen LogP) is 13.1. The molecule has 0 radical (unpaired) electrons. The average molecular weight is 703 g/mol. The molecule has 0 unspecified atom stereocenters. The number of anilines is 3. The van der Waals surface area contributed by atoms with Crippen LogP contribution in [0, 0.1) is 0 Å². The zero-order chi connectivity index (χ0) is 45.9. The molecule has 0 fully saturated rings. The first-order chi connectivity index (χ1) is 31.1.